The van der Waals surface area contributed by atoms with Crippen molar-refractivity contribution < 1.29 is 19.4 Å². The fraction of sp³-hybridized carbons (Fsp3) is 0.444. The largest absolute Gasteiger partial charge is 0.488 e. The van der Waals surface area contributed by atoms with E-state index in [9.17, 15) is 14.7 Å². The molecule has 1 aromatic rings. The van der Waals surface area contributed by atoms with E-state index in [2.05, 4.69) is 24.7 Å². The lowest BCUT2D eigenvalue weighted by Crippen LogP contribution is -2.52. The molecule has 148 valence electrons. The van der Waals surface area contributed by atoms with Crippen molar-refractivity contribution in [2.24, 2.45) is 5.73 Å². The second kappa shape index (κ2) is 9.98. The molecule has 1 aliphatic rings. The highest BCUT2D eigenvalue weighted by molar-refractivity contribution is 7.99. The maximum atomic E-state index is 12.2. The minimum atomic E-state index is -1.41. The molecule has 1 aliphatic heterocycles. The molecular weight excluding hydrogens is 390 g/mol. The fourth-order valence-electron chi connectivity index (χ4n) is 2.34. The summed E-state index contributed by atoms with van der Waals surface area (Å²) in [5.74, 6) is 0.0683. The first-order valence-corrected chi connectivity index (χ1v) is 9.99. The summed E-state index contributed by atoms with van der Waals surface area (Å²) in [6.07, 6.45) is 0.716. The van der Waals surface area contributed by atoms with E-state index in [-0.39, 0.29) is 6.61 Å². The lowest BCUT2D eigenvalue weighted by atomic mass is 10.1. The van der Waals surface area contributed by atoms with E-state index >= 15 is 0 Å². The first kappa shape index (κ1) is 21.6. The average Bonchev–Trinajstić information content (AvgIpc) is 2.64. The molecule has 5 N–H and O–H groups in total. The van der Waals surface area contributed by atoms with Crippen LogP contribution in [0.25, 0.3) is 6.08 Å². The number of benzene rings is 1. The number of hydrogen-bond acceptors (Lipinski definition) is 6. The summed E-state index contributed by atoms with van der Waals surface area (Å²) in [6, 6.07) is 4.39. The van der Waals surface area contributed by atoms with Crippen LogP contribution in [-0.2, 0) is 9.59 Å². The number of nitrogens with two attached hydrogens (primary N) is 1. The minimum Gasteiger partial charge on any atom is -0.488 e. The van der Waals surface area contributed by atoms with Crippen molar-refractivity contribution in [2.45, 2.75) is 37.7 Å². The second-order valence-electron chi connectivity index (χ2n) is 6.40. The fourth-order valence-corrected chi connectivity index (χ4v) is 3.40. The number of thioether (sulfide) groups is 1. The van der Waals surface area contributed by atoms with E-state index in [0.717, 1.165) is 5.75 Å². The van der Waals surface area contributed by atoms with E-state index in [1.54, 1.807) is 36.0 Å². The standard InChI is InChI=1S/C18H24ClN3O4S/c1-10(2)27-6-5-14(20)16(23)18(25)22-21-17(24)12-7-11-8-13(19)3-4-15(11)26-9-12/h3-4,7-8,10,14,16,23H,5-6,9,20H2,1-2H3,(H,21,24)(H,22,25)/t14-,16?/m1/s1. The second-order valence-corrected chi connectivity index (χ2v) is 8.52. The summed E-state index contributed by atoms with van der Waals surface area (Å²) < 4.78 is 5.50. The molecule has 2 rings (SSSR count). The number of aliphatic hydroxyl groups excluding tert-OH is 1. The molecule has 0 saturated heterocycles. The van der Waals surface area contributed by atoms with Gasteiger partial charge in [0.2, 0.25) is 0 Å². The zero-order chi connectivity index (χ0) is 20.0. The number of carbonyl (C=O) groups is 2. The van der Waals surface area contributed by atoms with Crippen LogP contribution in [0.15, 0.2) is 23.8 Å². The first-order chi connectivity index (χ1) is 12.8. The van der Waals surface area contributed by atoms with Gasteiger partial charge in [-0.05, 0) is 41.7 Å². The Hall–Kier alpha value is -1.74. The highest BCUT2D eigenvalue weighted by atomic mass is 35.5. The van der Waals surface area contributed by atoms with Crippen LogP contribution in [0.4, 0.5) is 0 Å². The van der Waals surface area contributed by atoms with Crippen molar-refractivity contribution in [2.75, 3.05) is 12.4 Å². The Morgan fingerprint density at radius 3 is 2.81 bits per heavy atom. The molecule has 0 aliphatic carbocycles. The molecule has 1 aromatic carbocycles. The van der Waals surface area contributed by atoms with Crippen LogP contribution in [0.3, 0.4) is 0 Å². The summed E-state index contributed by atoms with van der Waals surface area (Å²) in [5, 5.41) is 11.0. The molecular formula is C18H24ClN3O4S. The van der Waals surface area contributed by atoms with Gasteiger partial charge in [-0.2, -0.15) is 11.8 Å². The number of hydrazine groups is 1. The number of aliphatic hydroxyl groups is 1. The lowest BCUT2D eigenvalue weighted by Gasteiger charge is -2.20. The van der Waals surface area contributed by atoms with Gasteiger partial charge in [0.15, 0.2) is 0 Å². The molecule has 7 nitrogen and oxygen atoms in total. The molecule has 2 atom stereocenters. The number of hydrogen-bond donors (Lipinski definition) is 4. The number of halogens is 1. The number of rotatable bonds is 7. The molecule has 0 radical (unpaired) electrons. The van der Waals surface area contributed by atoms with Crippen molar-refractivity contribution in [1.29, 1.82) is 0 Å². The zero-order valence-electron chi connectivity index (χ0n) is 15.2. The van der Waals surface area contributed by atoms with Crippen LogP contribution in [0, 0.1) is 0 Å². The minimum absolute atomic E-state index is 0.0603. The summed E-state index contributed by atoms with van der Waals surface area (Å²) in [5.41, 5.74) is 11.3. The van der Waals surface area contributed by atoms with E-state index in [1.165, 1.54) is 0 Å². The molecule has 27 heavy (non-hydrogen) atoms. The Kier molecular flexibility index (Phi) is 7.97. The topological polar surface area (TPSA) is 114 Å². The third-order valence-corrected chi connectivity index (χ3v) is 5.23. The van der Waals surface area contributed by atoms with Crippen molar-refractivity contribution in [3.05, 3.63) is 34.4 Å². The average molecular weight is 414 g/mol. The maximum absolute atomic E-state index is 12.2. The van der Waals surface area contributed by atoms with Crippen molar-refractivity contribution in [3.63, 3.8) is 0 Å². The molecule has 0 bridgehead atoms. The Labute approximate surface area is 167 Å². The Morgan fingerprint density at radius 1 is 1.37 bits per heavy atom. The third-order valence-electron chi connectivity index (χ3n) is 3.85. The van der Waals surface area contributed by atoms with Gasteiger partial charge in [-0.15, -0.1) is 0 Å². The zero-order valence-corrected chi connectivity index (χ0v) is 16.8. The van der Waals surface area contributed by atoms with E-state index < -0.39 is 24.0 Å². The summed E-state index contributed by atoms with van der Waals surface area (Å²) >= 11 is 7.64. The van der Waals surface area contributed by atoms with Gasteiger partial charge >= 0.3 is 0 Å². The Balaban J connectivity index is 1.85. The van der Waals surface area contributed by atoms with Crippen molar-refractivity contribution >= 4 is 41.3 Å². The van der Waals surface area contributed by atoms with Crippen LogP contribution in [-0.4, -0.2) is 46.7 Å². The van der Waals surface area contributed by atoms with E-state index in [4.69, 9.17) is 22.1 Å². The van der Waals surface area contributed by atoms with Gasteiger partial charge in [0, 0.05) is 16.6 Å². The molecule has 0 spiro atoms. The lowest BCUT2D eigenvalue weighted by molar-refractivity contribution is -0.134. The highest BCUT2D eigenvalue weighted by Crippen LogP contribution is 2.28. The van der Waals surface area contributed by atoms with E-state index in [1.807, 2.05) is 0 Å². The highest BCUT2D eigenvalue weighted by Gasteiger charge is 2.24. The summed E-state index contributed by atoms with van der Waals surface area (Å²) in [7, 11) is 0. The predicted octanol–water partition coefficient (Wildman–Crippen LogP) is 1.48. The molecule has 9 heteroatoms. The van der Waals surface area contributed by atoms with Gasteiger partial charge in [0.05, 0.1) is 5.57 Å². The summed E-state index contributed by atoms with van der Waals surface area (Å²) in [4.78, 5) is 24.2. The molecule has 2 amide bonds. The Morgan fingerprint density at radius 2 is 2.11 bits per heavy atom. The SMILES string of the molecule is CC(C)SCC[C@@H](N)C(O)C(=O)NNC(=O)C1=Cc2cc(Cl)ccc2OC1. The monoisotopic (exact) mass is 413 g/mol. The smallest absolute Gasteiger partial charge is 0.269 e. The normalized spacial score (nSPS) is 15.3. The van der Waals surface area contributed by atoms with Gasteiger partial charge < -0.3 is 15.6 Å². The summed E-state index contributed by atoms with van der Waals surface area (Å²) in [6.45, 7) is 4.18. The number of ether oxygens (including phenoxy) is 1. The van der Waals surface area contributed by atoms with Gasteiger partial charge in [-0.3, -0.25) is 20.4 Å². The molecule has 1 heterocycles. The number of amides is 2. The van der Waals surface area contributed by atoms with Crippen LogP contribution >= 0.6 is 23.4 Å². The first-order valence-electron chi connectivity index (χ1n) is 8.56. The van der Waals surface area contributed by atoms with Gasteiger partial charge in [0.1, 0.15) is 18.5 Å². The number of nitrogens with one attached hydrogen (secondary N) is 2. The molecule has 0 aromatic heterocycles. The van der Waals surface area contributed by atoms with Crippen LogP contribution in [0.2, 0.25) is 5.02 Å². The molecule has 0 fully saturated rings. The van der Waals surface area contributed by atoms with Crippen LogP contribution in [0.5, 0.6) is 5.75 Å². The van der Waals surface area contributed by atoms with E-state index in [0.29, 0.717) is 33.6 Å². The predicted molar refractivity (Wildman–Crippen MR) is 107 cm³/mol. The maximum Gasteiger partial charge on any atom is 0.269 e. The van der Waals surface area contributed by atoms with Gasteiger partial charge in [0.25, 0.3) is 11.8 Å². The molecule has 0 saturated carbocycles. The van der Waals surface area contributed by atoms with Crippen molar-refractivity contribution in [3.8, 4) is 5.75 Å². The van der Waals surface area contributed by atoms with Gasteiger partial charge in [-0.1, -0.05) is 25.4 Å². The Bertz CT molecular complexity index is 727. The number of carbonyl (C=O) groups excluding carboxylic acids is 2. The van der Waals surface area contributed by atoms with Crippen LogP contribution < -0.4 is 21.3 Å². The van der Waals surface area contributed by atoms with Gasteiger partial charge in [-0.25, -0.2) is 0 Å². The number of fused-ring (bicyclic) bond motifs is 1. The molecule has 1 unspecified atom stereocenters. The quantitative estimate of drug-likeness (QED) is 0.503. The van der Waals surface area contributed by atoms with Crippen LogP contribution in [0.1, 0.15) is 25.8 Å². The third kappa shape index (κ3) is 6.42. The van der Waals surface area contributed by atoms with Crippen molar-refractivity contribution in [1.82, 2.24) is 10.9 Å².